The summed E-state index contributed by atoms with van der Waals surface area (Å²) >= 11 is -0.0661. The number of hydrogen-bond donors (Lipinski definition) is 0. The van der Waals surface area contributed by atoms with E-state index >= 15 is 0 Å². The van der Waals surface area contributed by atoms with Crippen LogP contribution >= 0.6 is 10.0 Å². The van der Waals surface area contributed by atoms with E-state index in [2.05, 4.69) is 0 Å². The minimum Gasteiger partial charge on any atom is -0.0580 e. The largest absolute Gasteiger partial charge is 0.0580 e. The summed E-state index contributed by atoms with van der Waals surface area (Å²) in [6, 6.07) is 45.2. The summed E-state index contributed by atoms with van der Waals surface area (Å²) in [6.07, 6.45) is 5.19. The molecule has 8 rings (SSSR count). The van der Waals surface area contributed by atoms with Crippen LogP contribution in [0.4, 0.5) is 0 Å². The van der Waals surface area contributed by atoms with Crippen LogP contribution in [0.1, 0.15) is 41.7 Å². The van der Waals surface area contributed by atoms with Crippen molar-refractivity contribution in [1.82, 2.24) is 0 Å². The summed E-state index contributed by atoms with van der Waals surface area (Å²) in [7, 11) is -13.4. The summed E-state index contributed by atoms with van der Waals surface area (Å²) in [5, 5.41) is 0. The van der Waals surface area contributed by atoms with Crippen LogP contribution in [0.15, 0.2) is 241 Å². The number of rotatable bonds is 20. The Morgan fingerprint density at radius 3 is 0.929 bits per heavy atom. The van der Waals surface area contributed by atoms with E-state index in [0.29, 0.717) is 26.6 Å². The molecule has 0 fully saturated rings. The van der Waals surface area contributed by atoms with E-state index in [0.717, 1.165) is 43.9 Å². The molecule has 0 aromatic heterocycles. The fourth-order valence-electron chi connectivity index (χ4n) is 9.88. The Morgan fingerprint density at radius 2 is 0.600 bits per heavy atom. The molecule has 453 valence electrons. The standard InChI is InChI=1S/C36H45N2O6S3.C27H25O6S4.Co/c1-26-10-13-30(14-11-26)46(41,42)31-15-17-32(18-16-31)47(43,44)33-19-21-35(28(23-33)25-38(7,8)9)36(2,3)34-20-12-29(45(39)40)22-27(34)24-37(4,5)6;1-34(2,21-9-13-23(14-10-21)35(3,28)29)22-11-15-25(16-12-22)37(32,33)27-19-17-26(18-20-27)36(30,31)24-7-5-4-6-8-24;/h10-23H,24-25H2,1-9H3;5-20H,1-3H3;/q+2;;. The Kier molecular flexibility index (Phi) is 18.0. The third-order valence-electron chi connectivity index (χ3n) is 14.4. The predicted molar refractivity (Wildman–Crippen MR) is 330 cm³/mol. The van der Waals surface area contributed by atoms with Gasteiger partial charge in [0.15, 0.2) is 9.84 Å². The zero-order valence-corrected chi connectivity index (χ0v) is 56.0. The second-order valence-electron chi connectivity index (χ2n) is 23.9. The molecule has 0 N–H and O–H groups in total. The summed E-state index contributed by atoms with van der Waals surface area (Å²) < 4.78 is 165. The van der Waals surface area contributed by atoms with Gasteiger partial charge in [0, 0.05) is 6.26 Å². The number of aryl methyl sites for hydroxylation is 1. The molecule has 0 aliphatic rings. The van der Waals surface area contributed by atoms with Gasteiger partial charge in [0.2, 0.25) is 9.84 Å². The van der Waals surface area contributed by atoms with E-state index in [9.17, 15) is 50.5 Å². The van der Waals surface area contributed by atoms with Crippen LogP contribution in [-0.2, 0) is 89.6 Å². The second kappa shape index (κ2) is 23.4. The number of nitrogens with zero attached hydrogens (tertiary/aromatic N) is 2. The van der Waals surface area contributed by atoms with Gasteiger partial charge < -0.3 is 0 Å². The van der Waals surface area contributed by atoms with E-state index in [1.165, 1.54) is 97.1 Å². The van der Waals surface area contributed by atoms with Crippen LogP contribution < -0.4 is 4.50 Å². The molecule has 0 unspecified atom stereocenters. The maximum absolute atomic E-state index is 14.3. The van der Waals surface area contributed by atoms with Gasteiger partial charge in [-0.15, -0.1) is 0 Å². The van der Waals surface area contributed by atoms with Gasteiger partial charge in [0.05, 0.1) is 14.7 Å². The molecular formula is C63H70CoN2O12S7+2. The molecule has 0 bridgehead atoms. The zero-order chi connectivity index (χ0) is 62.7. The molecule has 8 aromatic rings. The van der Waals surface area contributed by atoms with E-state index in [1.807, 2.05) is 75.6 Å². The van der Waals surface area contributed by atoms with Gasteiger partial charge >= 0.3 is 327 Å². The first kappa shape index (κ1) is 65.2. The van der Waals surface area contributed by atoms with Crippen molar-refractivity contribution in [2.45, 2.75) is 98.0 Å². The van der Waals surface area contributed by atoms with Crippen molar-refractivity contribution in [2.24, 2.45) is 0 Å². The Balaban J connectivity index is 1.01. The van der Waals surface area contributed by atoms with Crippen molar-refractivity contribution in [1.29, 1.82) is 0 Å². The molecule has 0 radical (unpaired) electrons. The molecule has 8 aromatic carbocycles. The van der Waals surface area contributed by atoms with Crippen molar-refractivity contribution in [3.8, 4) is 0 Å². The van der Waals surface area contributed by atoms with Crippen LogP contribution in [0.2, 0.25) is 0 Å². The van der Waals surface area contributed by atoms with Gasteiger partial charge in [-0.2, -0.15) is 10.0 Å². The smallest absolute Gasteiger partial charge is 0.0418 e. The summed E-state index contributed by atoms with van der Waals surface area (Å²) in [4.78, 5) is 1.65. The predicted octanol–water partition coefficient (Wildman–Crippen LogP) is 10.0. The Bertz CT molecular complexity index is 4560. The van der Waals surface area contributed by atoms with E-state index < -0.39 is 72.9 Å². The summed E-state index contributed by atoms with van der Waals surface area (Å²) in [5.74, 6) is 0. The van der Waals surface area contributed by atoms with Crippen molar-refractivity contribution >= 4 is 72.0 Å². The average Bonchev–Trinajstić information content (AvgIpc) is 1.31. The third-order valence-corrected chi connectivity index (χ3v) is 29.4. The molecule has 0 aliphatic carbocycles. The minimum atomic E-state index is -4.18. The van der Waals surface area contributed by atoms with Crippen LogP contribution in [0.5, 0.6) is 0 Å². The first-order chi connectivity index (χ1) is 39.1. The van der Waals surface area contributed by atoms with Gasteiger partial charge in [0.25, 0.3) is 0 Å². The van der Waals surface area contributed by atoms with Gasteiger partial charge in [0.1, 0.15) is 0 Å². The summed E-state index contributed by atoms with van der Waals surface area (Å²) in [6.45, 7) is 6.74. The van der Waals surface area contributed by atoms with Crippen molar-refractivity contribution in [3.63, 3.8) is 0 Å². The molecule has 14 nitrogen and oxygen atoms in total. The number of sulfone groups is 5. The second-order valence-corrected chi connectivity index (χ2v) is 41.6. The maximum atomic E-state index is 14.3. The minimum absolute atomic E-state index is 0.00537. The van der Waals surface area contributed by atoms with Gasteiger partial charge in [-0.05, 0) is 102 Å². The van der Waals surface area contributed by atoms with Crippen molar-refractivity contribution < 1.29 is 73.1 Å². The van der Waals surface area contributed by atoms with Gasteiger partial charge in [-0.25, -0.2) is 16.8 Å². The number of quaternary nitrogens is 2. The first-order valence-electron chi connectivity index (χ1n) is 26.4. The number of benzene rings is 8. The third kappa shape index (κ3) is 14.2. The van der Waals surface area contributed by atoms with Crippen LogP contribution in [0.3, 0.4) is 0 Å². The molecule has 0 aliphatic heterocycles. The number of hydrogen-bond acceptors (Lipinski definition) is 12. The average molecular weight is 1330 g/mol. The van der Waals surface area contributed by atoms with Crippen LogP contribution in [0.25, 0.3) is 0 Å². The quantitative estimate of drug-likeness (QED) is 0.0654. The van der Waals surface area contributed by atoms with Crippen LogP contribution in [-0.4, -0.2) is 121 Å². The van der Waals surface area contributed by atoms with Crippen molar-refractivity contribution in [2.75, 3.05) is 61.1 Å². The molecule has 0 atom stereocenters. The Labute approximate surface area is 509 Å². The van der Waals surface area contributed by atoms with Crippen LogP contribution in [0, 0.1) is 6.92 Å². The molecule has 85 heavy (non-hydrogen) atoms. The first-order valence-corrected chi connectivity index (χ1v) is 39.8. The molecular weight excluding hydrogens is 1260 g/mol. The molecule has 0 spiro atoms. The SMILES string of the molecule is Cc1ccc(S(=O)(=O)c2ccc(S(=O)(=O)c3ccc(C(C)(C)c4ccc([S](=O)(=O)[Co][c]5ccc(S(=O)(=O)c6ccc(S(=O)(=O)c7ccc(S(C)(C)c8ccc(S(C)(=O)=O)cc8)cc7)cc6)cc5)cc4C[N+](C)(C)C)c(C[N+](C)(C)C)c3)cc2)cc1. The van der Waals surface area contributed by atoms with Gasteiger partial charge in [-0.1, -0.05) is 17.7 Å². The molecule has 0 saturated heterocycles. The zero-order valence-electron chi connectivity index (χ0n) is 49.2. The molecule has 0 saturated carbocycles. The van der Waals surface area contributed by atoms with Gasteiger partial charge in [-0.3, -0.25) is 0 Å². The fraction of sp³-hybridized carbons (Fsp3) is 0.238. The Hall–Kier alpha value is -5.76. The maximum Gasteiger partial charge on any atom is -0.0418 e. The monoisotopic (exact) mass is 1330 g/mol. The van der Waals surface area contributed by atoms with E-state index in [4.69, 9.17) is 0 Å². The summed E-state index contributed by atoms with van der Waals surface area (Å²) in [5.41, 5.74) is 3.25. The van der Waals surface area contributed by atoms with E-state index in [-0.39, 0.29) is 62.5 Å². The normalized spacial score (nSPS) is 13.6. The Morgan fingerprint density at radius 1 is 0.341 bits per heavy atom. The van der Waals surface area contributed by atoms with E-state index in [1.54, 1.807) is 84.9 Å². The fourth-order valence-corrected chi connectivity index (χ4v) is 20.7. The van der Waals surface area contributed by atoms with Crippen molar-refractivity contribution in [3.05, 3.63) is 210 Å². The molecule has 0 heterocycles. The molecule has 22 heteroatoms. The topological polar surface area (TPSA) is 205 Å². The molecule has 0 amide bonds.